The van der Waals surface area contributed by atoms with Crippen LogP contribution in [0.2, 0.25) is 0 Å². The monoisotopic (exact) mass is 558 g/mol. The number of nitrogens with one attached hydrogen (secondary N) is 1. The van der Waals surface area contributed by atoms with Gasteiger partial charge in [-0.05, 0) is 65.1 Å². The Hall–Kier alpha value is -3.97. The first-order chi connectivity index (χ1) is 17.8. The van der Waals surface area contributed by atoms with Crippen molar-refractivity contribution < 1.29 is 19.1 Å². The van der Waals surface area contributed by atoms with E-state index < -0.39 is 11.9 Å². The van der Waals surface area contributed by atoms with Gasteiger partial charge in [0.25, 0.3) is 5.91 Å². The molecule has 1 amide bonds. The van der Waals surface area contributed by atoms with Crippen molar-refractivity contribution in [2.24, 2.45) is 5.10 Å². The van der Waals surface area contributed by atoms with Crippen LogP contribution in [-0.2, 0) is 4.79 Å². The summed E-state index contributed by atoms with van der Waals surface area (Å²) in [5.41, 5.74) is 5.55. The number of esters is 1. The summed E-state index contributed by atoms with van der Waals surface area (Å²) in [6.07, 6.45) is 1.48. The summed E-state index contributed by atoms with van der Waals surface area (Å²) >= 11 is 3.55. The van der Waals surface area contributed by atoms with Gasteiger partial charge in [-0.15, -0.1) is 0 Å². The number of hydrazone groups is 1. The smallest absolute Gasteiger partial charge is 0.343 e. The SMILES string of the molecule is Cc1cc(OCC(=O)NN=Cc2c(OC(=O)c3ccccc3)ccc3ccccc23)c(C(C)C)cc1Br. The number of aryl methyl sites for hydroxylation is 1. The van der Waals surface area contributed by atoms with Crippen LogP contribution < -0.4 is 14.9 Å². The Morgan fingerprint density at radius 2 is 1.70 bits per heavy atom. The van der Waals surface area contributed by atoms with Gasteiger partial charge in [-0.2, -0.15) is 5.10 Å². The molecule has 4 aromatic rings. The Kier molecular flexibility index (Phi) is 8.36. The standard InChI is InChI=1S/C30H27BrN2O4/c1-19(2)24-16-26(31)20(3)15-28(24)36-18-29(34)33-32-17-25-23-12-8-7-9-21(23)13-14-27(25)37-30(35)22-10-5-4-6-11-22/h4-17,19H,18H2,1-3H3,(H,33,34). The minimum absolute atomic E-state index is 0.191. The number of hydrogen-bond donors (Lipinski definition) is 1. The first-order valence-electron chi connectivity index (χ1n) is 11.9. The average molecular weight is 559 g/mol. The van der Waals surface area contributed by atoms with Gasteiger partial charge in [0, 0.05) is 10.0 Å². The van der Waals surface area contributed by atoms with E-state index in [4.69, 9.17) is 9.47 Å². The van der Waals surface area contributed by atoms with Crippen LogP contribution in [0.4, 0.5) is 0 Å². The maximum Gasteiger partial charge on any atom is 0.343 e. The summed E-state index contributed by atoms with van der Waals surface area (Å²) < 4.78 is 12.5. The number of halogens is 1. The van der Waals surface area contributed by atoms with E-state index in [0.29, 0.717) is 22.6 Å². The summed E-state index contributed by atoms with van der Waals surface area (Å²) in [5, 5.41) is 5.91. The number of benzene rings is 4. The van der Waals surface area contributed by atoms with Crippen LogP contribution in [0.1, 0.15) is 46.8 Å². The van der Waals surface area contributed by atoms with Gasteiger partial charge in [-0.25, -0.2) is 10.2 Å². The van der Waals surface area contributed by atoms with Crippen LogP contribution in [0.15, 0.2) is 88.4 Å². The quantitative estimate of drug-likeness (QED) is 0.112. The number of carbonyl (C=O) groups excluding carboxylic acids is 2. The van der Waals surface area contributed by atoms with Crippen molar-refractivity contribution in [2.45, 2.75) is 26.7 Å². The molecule has 0 spiro atoms. The third kappa shape index (κ3) is 6.43. The molecule has 0 aromatic heterocycles. The third-order valence-electron chi connectivity index (χ3n) is 5.80. The topological polar surface area (TPSA) is 77.0 Å². The number of hydrogen-bond acceptors (Lipinski definition) is 5. The maximum absolute atomic E-state index is 12.7. The Bertz CT molecular complexity index is 1470. The van der Waals surface area contributed by atoms with E-state index in [0.717, 1.165) is 26.4 Å². The van der Waals surface area contributed by atoms with Crippen molar-refractivity contribution in [1.82, 2.24) is 5.43 Å². The summed E-state index contributed by atoms with van der Waals surface area (Å²) in [7, 11) is 0. The van der Waals surface area contributed by atoms with Crippen LogP contribution in [-0.4, -0.2) is 24.7 Å². The van der Waals surface area contributed by atoms with Crippen molar-refractivity contribution in [3.63, 3.8) is 0 Å². The Morgan fingerprint density at radius 1 is 0.973 bits per heavy atom. The normalized spacial score (nSPS) is 11.2. The van der Waals surface area contributed by atoms with Gasteiger partial charge in [0.1, 0.15) is 11.5 Å². The highest BCUT2D eigenvalue weighted by Gasteiger charge is 2.14. The second-order valence-corrected chi connectivity index (χ2v) is 9.68. The predicted octanol–water partition coefficient (Wildman–Crippen LogP) is 6.78. The van der Waals surface area contributed by atoms with Crippen molar-refractivity contribution >= 4 is 44.8 Å². The molecule has 0 fully saturated rings. The second kappa shape index (κ2) is 11.8. The molecule has 0 aliphatic heterocycles. The van der Waals surface area contributed by atoms with Crippen LogP contribution in [0.3, 0.4) is 0 Å². The molecule has 1 N–H and O–H groups in total. The molecule has 4 aromatic carbocycles. The molecule has 7 heteroatoms. The lowest BCUT2D eigenvalue weighted by Crippen LogP contribution is -2.25. The molecule has 6 nitrogen and oxygen atoms in total. The molecular weight excluding hydrogens is 532 g/mol. The van der Waals surface area contributed by atoms with Gasteiger partial charge in [-0.1, -0.05) is 78.3 Å². The van der Waals surface area contributed by atoms with E-state index >= 15 is 0 Å². The number of ether oxygens (including phenoxy) is 2. The number of fused-ring (bicyclic) bond motifs is 1. The maximum atomic E-state index is 12.7. The Morgan fingerprint density at radius 3 is 2.46 bits per heavy atom. The Labute approximate surface area is 224 Å². The molecule has 37 heavy (non-hydrogen) atoms. The lowest BCUT2D eigenvalue weighted by molar-refractivity contribution is -0.123. The summed E-state index contributed by atoms with van der Waals surface area (Å²) in [4.78, 5) is 25.2. The van der Waals surface area contributed by atoms with Gasteiger partial charge in [0.05, 0.1) is 11.8 Å². The number of rotatable bonds is 8. The first-order valence-corrected chi connectivity index (χ1v) is 12.7. The third-order valence-corrected chi connectivity index (χ3v) is 6.65. The number of nitrogens with zero attached hydrogens (tertiary/aromatic N) is 1. The highest BCUT2D eigenvalue weighted by molar-refractivity contribution is 9.10. The molecule has 4 rings (SSSR count). The fourth-order valence-electron chi connectivity index (χ4n) is 3.82. The van der Waals surface area contributed by atoms with Crippen molar-refractivity contribution in [1.29, 1.82) is 0 Å². The Balaban J connectivity index is 1.50. The highest BCUT2D eigenvalue weighted by atomic mass is 79.9. The zero-order chi connectivity index (χ0) is 26.4. The summed E-state index contributed by atoms with van der Waals surface area (Å²) in [5.74, 6) is 0.354. The lowest BCUT2D eigenvalue weighted by atomic mass is 10.0. The van der Waals surface area contributed by atoms with Gasteiger partial charge in [-0.3, -0.25) is 4.79 Å². The number of amides is 1. The lowest BCUT2D eigenvalue weighted by Gasteiger charge is -2.15. The zero-order valence-electron chi connectivity index (χ0n) is 20.8. The molecule has 0 aliphatic carbocycles. The first kappa shape index (κ1) is 26.1. The van der Waals surface area contributed by atoms with Gasteiger partial charge >= 0.3 is 5.97 Å². The van der Waals surface area contributed by atoms with E-state index in [2.05, 4.69) is 40.3 Å². The molecule has 0 heterocycles. The minimum Gasteiger partial charge on any atom is -0.483 e. The van der Waals surface area contributed by atoms with Crippen molar-refractivity contribution in [2.75, 3.05) is 6.61 Å². The predicted molar refractivity (Wildman–Crippen MR) is 150 cm³/mol. The van der Waals surface area contributed by atoms with Gasteiger partial charge in [0.15, 0.2) is 6.61 Å². The molecule has 0 radical (unpaired) electrons. The minimum atomic E-state index is -0.478. The van der Waals surface area contributed by atoms with Crippen LogP contribution in [0.5, 0.6) is 11.5 Å². The van der Waals surface area contributed by atoms with E-state index in [1.807, 2.05) is 55.5 Å². The highest BCUT2D eigenvalue weighted by Crippen LogP contribution is 2.32. The fraction of sp³-hybridized carbons (Fsp3) is 0.167. The van der Waals surface area contributed by atoms with Crippen molar-refractivity contribution in [3.05, 3.63) is 106 Å². The molecular formula is C30H27BrN2O4. The van der Waals surface area contributed by atoms with Crippen LogP contribution in [0.25, 0.3) is 10.8 Å². The molecule has 188 valence electrons. The van der Waals surface area contributed by atoms with Crippen LogP contribution in [0, 0.1) is 6.92 Å². The number of carbonyl (C=O) groups is 2. The molecule has 0 aliphatic rings. The van der Waals surface area contributed by atoms with E-state index in [-0.39, 0.29) is 12.5 Å². The molecule has 0 atom stereocenters. The van der Waals surface area contributed by atoms with E-state index in [1.54, 1.807) is 30.3 Å². The second-order valence-electron chi connectivity index (χ2n) is 8.83. The average Bonchev–Trinajstić information content (AvgIpc) is 2.90. The van der Waals surface area contributed by atoms with E-state index in [9.17, 15) is 9.59 Å². The molecule has 0 bridgehead atoms. The molecule has 0 saturated carbocycles. The van der Waals surface area contributed by atoms with Crippen molar-refractivity contribution in [3.8, 4) is 11.5 Å². The summed E-state index contributed by atoms with van der Waals surface area (Å²) in [6, 6.07) is 24.0. The van der Waals surface area contributed by atoms with E-state index in [1.165, 1.54) is 6.21 Å². The van der Waals surface area contributed by atoms with Crippen LogP contribution >= 0.6 is 15.9 Å². The molecule has 0 unspecified atom stereocenters. The summed E-state index contributed by atoms with van der Waals surface area (Å²) in [6.45, 7) is 5.92. The van der Waals surface area contributed by atoms with Gasteiger partial charge < -0.3 is 9.47 Å². The fourth-order valence-corrected chi connectivity index (χ4v) is 4.18. The zero-order valence-corrected chi connectivity index (χ0v) is 22.4. The van der Waals surface area contributed by atoms with Gasteiger partial charge in [0.2, 0.25) is 0 Å². The largest absolute Gasteiger partial charge is 0.483 e. The molecule has 0 saturated heterocycles.